The Labute approximate surface area is 202 Å². The van der Waals surface area contributed by atoms with Crippen LogP contribution in [-0.2, 0) is 9.59 Å². The Hall–Kier alpha value is -4.53. The molecule has 3 heterocycles. The molecule has 1 saturated heterocycles. The maximum atomic E-state index is 12.8. The SMILES string of the molecule is Cc1ccc(N2CC(C(=O)Nc3ccc(Oc4cc(-n5cccn5)ncn4)cc3)CC2=O)cc1C. The highest BCUT2D eigenvalue weighted by Crippen LogP contribution is 2.28. The Kier molecular flexibility index (Phi) is 5.97. The highest BCUT2D eigenvalue weighted by molar-refractivity contribution is 6.03. The molecule has 0 aliphatic carbocycles. The van der Waals surface area contributed by atoms with Gasteiger partial charge in [0.05, 0.1) is 5.92 Å². The van der Waals surface area contributed by atoms with E-state index in [0.717, 1.165) is 11.3 Å². The fourth-order valence-corrected chi connectivity index (χ4v) is 3.91. The third-order valence-electron chi connectivity index (χ3n) is 6.01. The number of carbonyl (C=O) groups excluding carboxylic acids is 2. The number of amides is 2. The van der Waals surface area contributed by atoms with Gasteiger partial charge in [-0.15, -0.1) is 0 Å². The van der Waals surface area contributed by atoms with Gasteiger partial charge in [0.15, 0.2) is 5.82 Å². The summed E-state index contributed by atoms with van der Waals surface area (Å²) in [5.41, 5.74) is 3.74. The number of nitrogens with one attached hydrogen (secondary N) is 1. The Morgan fingerprint density at radius 1 is 1.06 bits per heavy atom. The minimum atomic E-state index is -0.415. The summed E-state index contributed by atoms with van der Waals surface area (Å²) in [7, 11) is 0. The van der Waals surface area contributed by atoms with Gasteiger partial charge in [-0.3, -0.25) is 9.59 Å². The summed E-state index contributed by atoms with van der Waals surface area (Å²) in [5.74, 6) is 0.879. The molecule has 1 aliphatic heterocycles. The van der Waals surface area contributed by atoms with E-state index in [1.165, 1.54) is 11.9 Å². The lowest BCUT2D eigenvalue weighted by molar-refractivity contribution is -0.122. The average Bonchev–Trinajstić information content (AvgIpc) is 3.53. The van der Waals surface area contributed by atoms with Crippen LogP contribution in [0.2, 0.25) is 0 Å². The predicted octanol–water partition coefficient (Wildman–Crippen LogP) is 4.06. The molecular formula is C26H24N6O3. The maximum Gasteiger partial charge on any atom is 0.229 e. The van der Waals surface area contributed by atoms with Crippen LogP contribution < -0.4 is 15.0 Å². The van der Waals surface area contributed by atoms with Crippen molar-refractivity contribution in [2.75, 3.05) is 16.8 Å². The van der Waals surface area contributed by atoms with Crippen molar-refractivity contribution >= 4 is 23.2 Å². The highest BCUT2D eigenvalue weighted by atomic mass is 16.5. The summed E-state index contributed by atoms with van der Waals surface area (Å²) < 4.78 is 7.43. The predicted molar refractivity (Wildman–Crippen MR) is 131 cm³/mol. The van der Waals surface area contributed by atoms with Gasteiger partial charge in [-0.05, 0) is 67.4 Å². The van der Waals surface area contributed by atoms with Gasteiger partial charge in [0, 0.05) is 42.8 Å². The van der Waals surface area contributed by atoms with Gasteiger partial charge >= 0.3 is 0 Å². The van der Waals surface area contributed by atoms with Gasteiger partial charge in [-0.2, -0.15) is 5.10 Å². The first-order valence-corrected chi connectivity index (χ1v) is 11.2. The van der Waals surface area contributed by atoms with Gasteiger partial charge in [0.25, 0.3) is 0 Å². The zero-order chi connectivity index (χ0) is 24.4. The van der Waals surface area contributed by atoms with Crippen LogP contribution in [0.1, 0.15) is 17.5 Å². The molecule has 0 spiro atoms. The van der Waals surface area contributed by atoms with E-state index < -0.39 is 5.92 Å². The minimum absolute atomic E-state index is 0.0449. The van der Waals surface area contributed by atoms with E-state index in [0.29, 0.717) is 29.7 Å². The lowest BCUT2D eigenvalue weighted by Crippen LogP contribution is -2.28. The average molecular weight is 469 g/mol. The second-order valence-corrected chi connectivity index (χ2v) is 8.45. The Bertz CT molecular complexity index is 1370. The first kappa shape index (κ1) is 22.3. The summed E-state index contributed by atoms with van der Waals surface area (Å²) in [4.78, 5) is 35.4. The Balaban J connectivity index is 1.20. The van der Waals surface area contributed by atoms with Gasteiger partial charge < -0.3 is 15.0 Å². The number of ether oxygens (including phenoxy) is 1. The number of carbonyl (C=O) groups is 2. The standard InChI is InChI=1S/C26H24N6O3/c1-17-4-7-21(12-18(17)2)31-15-19(13-25(31)33)26(34)30-20-5-8-22(9-6-20)35-24-14-23(27-16-28-24)32-11-3-10-29-32/h3-12,14,16,19H,13,15H2,1-2H3,(H,30,34). The molecule has 1 aliphatic rings. The molecule has 1 fully saturated rings. The molecule has 1 atom stereocenters. The zero-order valence-corrected chi connectivity index (χ0v) is 19.4. The number of anilines is 2. The van der Waals surface area contributed by atoms with Gasteiger partial charge in [0.2, 0.25) is 17.7 Å². The van der Waals surface area contributed by atoms with Crippen LogP contribution >= 0.6 is 0 Å². The van der Waals surface area contributed by atoms with Crippen molar-refractivity contribution in [1.82, 2.24) is 19.7 Å². The number of aryl methyl sites for hydroxylation is 2. The van der Waals surface area contributed by atoms with Gasteiger partial charge in [0.1, 0.15) is 12.1 Å². The van der Waals surface area contributed by atoms with E-state index in [9.17, 15) is 9.59 Å². The van der Waals surface area contributed by atoms with Crippen molar-refractivity contribution in [2.45, 2.75) is 20.3 Å². The molecule has 35 heavy (non-hydrogen) atoms. The van der Waals surface area contributed by atoms with Crippen LogP contribution in [0.15, 0.2) is 73.3 Å². The third kappa shape index (κ3) is 4.89. The van der Waals surface area contributed by atoms with Crippen molar-refractivity contribution in [1.29, 1.82) is 0 Å². The lowest BCUT2D eigenvalue weighted by Gasteiger charge is -2.18. The fraction of sp³-hybridized carbons (Fsp3) is 0.192. The van der Waals surface area contributed by atoms with Crippen LogP contribution in [0, 0.1) is 19.8 Å². The second kappa shape index (κ2) is 9.38. The summed E-state index contributed by atoms with van der Waals surface area (Å²) >= 11 is 0. The monoisotopic (exact) mass is 468 g/mol. The number of nitrogens with zero attached hydrogens (tertiary/aromatic N) is 5. The number of rotatable bonds is 6. The third-order valence-corrected chi connectivity index (χ3v) is 6.01. The minimum Gasteiger partial charge on any atom is -0.439 e. The summed E-state index contributed by atoms with van der Waals surface area (Å²) in [6.45, 7) is 4.41. The summed E-state index contributed by atoms with van der Waals surface area (Å²) in [6, 6.07) is 16.4. The summed E-state index contributed by atoms with van der Waals surface area (Å²) in [6.07, 6.45) is 5.04. The zero-order valence-electron chi connectivity index (χ0n) is 19.4. The van der Waals surface area contributed by atoms with E-state index in [1.807, 2.05) is 32.0 Å². The van der Waals surface area contributed by atoms with E-state index in [2.05, 4.69) is 20.4 Å². The Morgan fingerprint density at radius 2 is 1.89 bits per heavy atom. The molecule has 2 aromatic heterocycles. The van der Waals surface area contributed by atoms with Crippen molar-refractivity contribution in [2.24, 2.45) is 5.92 Å². The first-order valence-electron chi connectivity index (χ1n) is 11.2. The molecule has 0 bridgehead atoms. The molecule has 1 N–H and O–H groups in total. The normalized spacial score (nSPS) is 15.3. The molecule has 2 amide bonds. The van der Waals surface area contributed by atoms with Crippen molar-refractivity contribution in [3.8, 4) is 17.4 Å². The molecule has 2 aromatic carbocycles. The van der Waals surface area contributed by atoms with E-state index in [-0.39, 0.29) is 18.2 Å². The molecule has 176 valence electrons. The molecule has 0 saturated carbocycles. The number of aromatic nitrogens is 4. The fourth-order valence-electron chi connectivity index (χ4n) is 3.91. The lowest BCUT2D eigenvalue weighted by atomic mass is 10.1. The molecular weight excluding hydrogens is 444 g/mol. The molecule has 9 nitrogen and oxygen atoms in total. The highest BCUT2D eigenvalue weighted by Gasteiger charge is 2.35. The topological polar surface area (TPSA) is 102 Å². The second-order valence-electron chi connectivity index (χ2n) is 8.45. The number of hydrogen-bond acceptors (Lipinski definition) is 6. The van der Waals surface area contributed by atoms with Crippen molar-refractivity contribution in [3.63, 3.8) is 0 Å². The molecule has 5 rings (SSSR count). The quantitative estimate of drug-likeness (QED) is 0.458. The smallest absolute Gasteiger partial charge is 0.229 e. The van der Waals surface area contributed by atoms with Crippen LogP contribution in [0.3, 0.4) is 0 Å². The van der Waals surface area contributed by atoms with Crippen LogP contribution in [-0.4, -0.2) is 38.1 Å². The van der Waals surface area contributed by atoms with Crippen molar-refractivity contribution in [3.05, 3.63) is 84.4 Å². The van der Waals surface area contributed by atoms with E-state index in [1.54, 1.807) is 58.4 Å². The molecule has 1 unspecified atom stereocenters. The first-order chi connectivity index (χ1) is 17.0. The maximum absolute atomic E-state index is 12.8. The van der Waals surface area contributed by atoms with Crippen molar-refractivity contribution < 1.29 is 14.3 Å². The van der Waals surface area contributed by atoms with E-state index >= 15 is 0 Å². The van der Waals surface area contributed by atoms with Crippen LogP contribution in [0.4, 0.5) is 11.4 Å². The van der Waals surface area contributed by atoms with Gasteiger partial charge in [-0.1, -0.05) is 6.07 Å². The summed E-state index contributed by atoms with van der Waals surface area (Å²) in [5, 5.41) is 7.05. The number of benzene rings is 2. The van der Waals surface area contributed by atoms with E-state index in [4.69, 9.17) is 4.74 Å². The number of hydrogen-bond donors (Lipinski definition) is 1. The van der Waals surface area contributed by atoms with Crippen LogP contribution in [0.25, 0.3) is 5.82 Å². The molecule has 9 heteroatoms. The largest absolute Gasteiger partial charge is 0.439 e. The molecule has 0 radical (unpaired) electrons. The molecule has 4 aromatic rings. The Morgan fingerprint density at radius 3 is 2.63 bits per heavy atom. The van der Waals surface area contributed by atoms with Crippen LogP contribution in [0.5, 0.6) is 11.6 Å². The van der Waals surface area contributed by atoms with Gasteiger partial charge in [-0.25, -0.2) is 14.6 Å².